The fourth-order valence-corrected chi connectivity index (χ4v) is 2.91. The number of hydrogen-bond acceptors (Lipinski definition) is 2. The monoisotopic (exact) mass is 302 g/mol. The zero-order valence-electron chi connectivity index (χ0n) is 12.1. The fourth-order valence-electron chi connectivity index (χ4n) is 2.63. The SMILES string of the molecule is CCOc1ccc(C(Cl)c2ccc3c(c2)CCCO3)cc1. The molecule has 0 bridgehead atoms. The molecule has 0 aromatic heterocycles. The zero-order valence-corrected chi connectivity index (χ0v) is 12.9. The maximum absolute atomic E-state index is 6.62. The van der Waals surface area contributed by atoms with Crippen LogP contribution in [0.15, 0.2) is 42.5 Å². The third-order valence-corrected chi connectivity index (χ3v) is 4.21. The zero-order chi connectivity index (χ0) is 14.7. The van der Waals surface area contributed by atoms with Gasteiger partial charge < -0.3 is 9.47 Å². The molecule has 0 saturated carbocycles. The van der Waals surface area contributed by atoms with Gasteiger partial charge in [0.25, 0.3) is 0 Å². The minimum Gasteiger partial charge on any atom is -0.494 e. The van der Waals surface area contributed by atoms with Gasteiger partial charge in [-0.1, -0.05) is 24.3 Å². The first-order valence-electron chi connectivity index (χ1n) is 7.40. The molecule has 2 aromatic carbocycles. The lowest BCUT2D eigenvalue weighted by Gasteiger charge is -2.19. The van der Waals surface area contributed by atoms with Crippen LogP contribution in [0.4, 0.5) is 0 Å². The first kappa shape index (κ1) is 14.3. The number of halogens is 1. The van der Waals surface area contributed by atoms with Crippen LogP contribution in [0.5, 0.6) is 11.5 Å². The summed E-state index contributed by atoms with van der Waals surface area (Å²) in [6, 6.07) is 14.2. The van der Waals surface area contributed by atoms with Crippen LogP contribution in [-0.4, -0.2) is 13.2 Å². The third kappa shape index (κ3) is 3.16. The minimum absolute atomic E-state index is 0.145. The number of rotatable bonds is 4. The quantitative estimate of drug-likeness (QED) is 0.760. The van der Waals surface area contributed by atoms with Crippen molar-refractivity contribution < 1.29 is 9.47 Å². The second kappa shape index (κ2) is 6.40. The van der Waals surface area contributed by atoms with Gasteiger partial charge in [0.1, 0.15) is 11.5 Å². The number of ether oxygens (including phenoxy) is 2. The minimum atomic E-state index is -0.145. The number of hydrogen-bond donors (Lipinski definition) is 0. The maximum atomic E-state index is 6.62. The highest BCUT2D eigenvalue weighted by molar-refractivity contribution is 6.22. The van der Waals surface area contributed by atoms with E-state index in [1.807, 2.05) is 37.3 Å². The molecule has 2 nitrogen and oxygen atoms in total. The van der Waals surface area contributed by atoms with E-state index >= 15 is 0 Å². The van der Waals surface area contributed by atoms with E-state index < -0.39 is 0 Å². The molecule has 3 rings (SSSR count). The van der Waals surface area contributed by atoms with Crippen LogP contribution < -0.4 is 9.47 Å². The van der Waals surface area contributed by atoms with Crippen molar-refractivity contribution >= 4 is 11.6 Å². The topological polar surface area (TPSA) is 18.5 Å². The average molecular weight is 303 g/mol. The molecule has 110 valence electrons. The molecule has 0 saturated heterocycles. The van der Waals surface area contributed by atoms with E-state index in [1.165, 1.54) is 5.56 Å². The average Bonchev–Trinajstić information content (AvgIpc) is 2.55. The van der Waals surface area contributed by atoms with Gasteiger partial charge in [-0.05, 0) is 54.7 Å². The van der Waals surface area contributed by atoms with Crippen molar-refractivity contribution in [2.24, 2.45) is 0 Å². The van der Waals surface area contributed by atoms with Crippen molar-refractivity contribution in [2.75, 3.05) is 13.2 Å². The smallest absolute Gasteiger partial charge is 0.122 e. The van der Waals surface area contributed by atoms with E-state index in [4.69, 9.17) is 21.1 Å². The van der Waals surface area contributed by atoms with Gasteiger partial charge >= 0.3 is 0 Å². The molecule has 0 radical (unpaired) electrons. The Bertz CT molecular complexity index is 607. The summed E-state index contributed by atoms with van der Waals surface area (Å²) in [4.78, 5) is 0. The molecule has 2 aromatic rings. The Morgan fingerprint density at radius 3 is 2.67 bits per heavy atom. The number of aryl methyl sites for hydroxylation is 1. The first-order valence-corrected chi connectivity index (χ1v) is 7.84. The second-order valence-electron chi connectivity index (χ2n) is 5.18. The Morgan fingerprint density at radius 1 is 1.14 bits per heavy atom. The van der Waals surface area contributed by atoms with E-state index in [0.717, 1.165) is 42.1 Å². The Morgan fingerprint density at radius 2 is 1.90 bits per heavy atom. The van der Waals surface area contributed by atoms with Gasteiger partial charge in [-0.2, -0.15) is 0 Å². The predicted molar refractivity (Wildman–Crippen MR) is 85.6 cm³/mol. The van der Waals surface area contributed by atoms with E-state index in [1.54, 1.807) is 0 Å². The van der Waals surface area contributed by atoms with Gasteiger partial charge in [0.05, 0.1) is 18.6 Å². The van der Waals surface area contributed by atoms with Crippen LogP contribution in [0.1, 0.15) is 35.4 Å². The number of alkyl halides is 1. The van der Waals surface area contributed by atoms with Crippen molar-refractivity contribution in [1.29, 1.82) is 0 Å². The molecule has 0 spiro atoms. The molecule has 0 fully saturated rings. The lowest BCUT2D eigenvalue weighted by molar-refractivity contribution is 0.288. The molecule has 21 heavy (non-hydrogen) atoms. The Labute approximate surface area is 130 Å². The normalized spacial score (nSPS) is 15.0. The van der Waals surface area contributed by atoms with Crippen LogP contribution in [0.3, 0.4) is 0 Å². The summed E-state index contributed by atoms with van der Waals surface area (Å²) in [5.74, 6) is 1.88. The molecular weight excluding hydrogens is 284 g/mol. The summed E-state index contributed by atoms with van der Waals surface area (Å²) in [5.41, 5.74) is 3.46. The molecule has 1 atom stereocenters. The van der Waals surface area contributed by atoms with Crippen LogP contribution >= 0.6 is 11.6 Å². The standard InChI is InChI=1S/C18H19ClO2/c1-2-20-16-8-5-13(6-9-16)18(19)15-7-10-17-14(12-15)4-3-11-21-17/h5-10,12,18H,2-4,11H2,1H3. The van der Waals surface area contributed by atoms with E-state index in [-0.39, 0.29) is 5.38 Å². The largest absolute Gasteiger partial charge is 0.494 e. The van der Waals surface area contributed by atoms with E-state index in [2.05, 4.69) is 12.1 Å². The summed E-state index contributed by atoms with van der Waals surface area (Å²) in [6.07, 6.45) is 2.14. The Kier molecular flexibility index (Phi) is 4.35. The predicted octanol–water partition coefficient (Wildman–Crippen LogP) is 4.74. The van der Waals surface area contributed by atoms with Gasteiger partial charge in [-0.3, -0.25) is 0 Å². The van der Waals surface area contributed by atoms with E-state index in [0.29, 0.717) is 6.61 Å². The van der Waals surface area contributed by atoms with Crippen molar-refractivity contribution in [3.05, 3.63) is 59.2 Å². The van der Waals surface area contributed by atoms with Crippen molar-refractivity contribution in [1.82, 2.24) is 0 Å². The molecule has 0 amide bonds. The van der Waals surface area contributed by atoms with Gasteiger partial charge in [0, 0.05) is 0 Å². The maximum Gasteiger partial charge on any atom is 0.122 e. The van der Waals surface area contributed by atoms with Gasteiger partial charge in [0.2, 0.25) is 0 Å². The highest BCUT2D eigenvalue weighted by Crippen LogP contribution is 2.34. The van der Waals surface area contributed by atoms with Crippen molar-refractivity contribution in [3.8, 4) is 11.5 Å². The highest BCUT2D eigenvalue weighted by Gasteiger charge is 2.15. The molecule has 1 aliphatic heterocycles. The van der Waals surface area contributed by atoms with Gasteiger partial charge in [-0.25, -0.2) is 0 Å². The second-order valence-corrected chi connectivity index (χ2v) is 5.62. The Balaban J connectivity index is 1.82. The molecule has 1 unspecified atom stereocenters. The highest BCUT2D eigenvalue weighted by atomic mass is 35.5. The van der Waals surface area contributed by atoms with Crippen LogP contribution in [0, 0.1) is 0 Å². The molecule has 0 N–H and O–H groups in total. The molecule has 0 aliphatic carbocycles. The van der Waals surface area contributed by atoms with Crippen molar-refractivity contribution in [3.63, 3.8) is 0 Å². The molecule has 1 heterocycles. The molecule has 1 aliphatic rings. The van der Waals surface area contributed by atoms with Crippen molar-refractivity contribution in [2.45, 2.75) is 25.1 Å². The fraction of sp³-hybridized carbons (Fsp3) is 0.333. The summed E-state index contributed by atoms with van der Waals surface area (Å²) < 4.78 is 11.1. The van der Waals surface area contributed by atoms with E-state index in [9.17, 15) is 0 Å². The Hall–Kier alpha value is -1.67. The summed E-state index contributed by atoms with van der Waals surface area (Å²) in [6.45, 7) is 3.47. The third-order valence-electron chi connectivity index (χ3n) is 3.71. The van der Waals surface area contributed by atoms with Crippen LogP contribution in [-0.2, 0) is 6.42 Å². The summed E-state index contributed by atoms with van der Waals surface area (Å²) in [7, 11) is 0. The first-order chi connectivity index (χ1) is 10.3. The summed E-state index contributed by atoms with van der Waals surface area (Å²) in [5, 5.41) is -0.145. The van der Waals surface area contributed by atoms with Crippen LogP contribution in [0.25, 0.3) is 0 Å². The number of benzene rings is 2. The lowest BCUT2D eigenvalue weighted by Crippen LogP contribution is -2.08. The van der Waals surface area contributed by atoms with Gasteiger partial charge in [-0.15, -0.1) is 11.6 Å². The van der Waals surface area contributed by atoms with Gasteiger partial charge in [0.15, 0.2) is 0 Å². The molecular formula is C18H19ClO2. The van der Waals surface area contributed by atoms with Crippen LogP contribution in [0.2, 0.25) is 0 Å². The summed E-state index contributed by atoms with van der Waals surface area (Å²) >= 11 is 6.62. The number of fused-ring (bicyclic) bond motifs is 1. The lowest BCUT2D eigenvalue weighted by atomic mass is 9.98. The molecule has 3 heteroatoms.